The van der Waals surface area contributed by atoms with Crippen LogP contribution in [0, 0.1) is 25.7 Å². The minimum atomic E-state index is 0.686. The average Bonchev–Trinajstić information content (AvgIpc) is 2.98. The summed E-state index contributed by atoms with van der Waals surface area (Å²) in [6.07, 6.45) is 4.80. The van der Waals surface area contributed by atoms with E-state index in [2.05, 4.69) is 41.3 Å². The number of nitrogens with one attached hydrogen (secondary N) is 2. The van der Waals surface area contributed by atoms with Crippen molar-refractivity contribution in [3.05, 3.63) is 17.3 Å². The molecule has 1 fully saturated rings. The van der Waals surface area contributed by atoms with Crippen molar-refractivity contribution in [1.82, 2.24) is 20.5 Å². The van der Waals surface area contributed by atoms with Gasteiger partial charge >= 0.3 is 0 Å². The van der Waals surface area contributed by atoms with Crippen molar-refractivity contribution in [3.63, 3.8) is 0 Å². The fourth-order valence-corrected chi connectivity index (χ4v) is 3.50. The van der Waals surface area contributed by atoms with Crippen LogP contribution in [0.25, 0.3) is 0 Å². The van der Waals surface area contributed by atoms with Crippen molar-refractivity contribution < 1.29 is 4.42 Å². The molecule has 2 heterocycles. The summed E-state index contributed by atoms with van der Waals surface area (Å²) in [6, 6.07) is 0. The van der Waals surface area contributed by atoms with Crippen molar-refractivity contribution in [2.75, 3.05) is 32.7 Å². The standard InChI is InChI=1S/C21H39N5O/c1-6-18(7-2)13-23-21(22-8-3)24-14-19-9-11-26(12-10-19)15-20-25-16(4)17(5)27-20/h18-19H,6-15H2,1-5H3,(H2,22,23,24). The van der Waals surface area contributed by atoms with E-state index in [-0.39, 0.29) is 0 Å². The molecule has 0 aliphatic carbocycles. The molecule has 0 aromatic carbocycles. The average molecular weight is 378 g/mol. The summed E-state index contributed by atoms with van der Waals surface area (Å²) in [6.45, 7) is 16.5. The van der Waals surface area contributed by atoms with Crippen molar-refractivity contribution in [2.45, 2.75) is 66.8 Å². The molecule has 0 unspecified atom stereocenters. The number of piperidine rings is 1. The molecule has 1 saturated heterocycles. The number of rotatable bonds is 9. The Morgan fingerprint density at radius 1 is 1.19 bits per heavy atom. The lowest BCUT2D eigenvalue weighted by Crippen LogP contribution is -2.43. The summed E-state index contributed by atoms with van der Waals surface area (Å²) in [4.78, 5) is 11.7. The Labute approximate surface area is 165 Å². The van der Waals surface area contributed by atoms with E-state index >= 15 is 0 Å². The van der Waals surface area contributed by atoms with Crippen LogP contribution in [0.3, 0.4) is 0 Å². The highest BCUT2D eigenvalue weighted by Crippen LogP contribution is 2.19. The van der Waals surface area contributed by atoms with Gasteiger partial charge in [-0.05, 0) is 58.5 Å². The van der Waals surface area contributed by atoms with Crippen molar-refractivity contribution in [3.8, 4) is 0 Å². The molecule has 2 N–H and O–H groups in total. The van der Waals surface area contributed by atoms with Crippen LogP contribution < -0.4 is 10.6 Å². The lowest BCUT2D eigenvalue weighted by atomic mass is 9.97. The summed E-state index contributed by atoms with van der Waals surface area (Å²) in [5.41, 5.74) is 1.01. The zero-order chi connectivity index (χ0) is 19.6. The fraction of sp³-hybridized carbons (Fsp3) is 0.810. The molecule has 0 saturated carbocycles. The van der Waals surface area contributed by atoms with Gasteiger partial charge in [-0.1, -0.05) is 26.7 Å². The van der Waals surface area contributed by atoms with Crippen LogP contribution in [0.2, 0.25) is 0 Å². The van der Waals surface area contributed by atoms with Gasteiger partial charge in [0, 0.05) is 19.6 Å². The zero-order valence-electron chi connectivity index (χ0n) is 18.0. The van der Waals surface area contributed by atoms with E-state index < -0.39 is 0 Å². The Balaban J connectivity index is 1.74. The second kappa shape index (κ2) is 11.3. The SMILES string of the molecule is CCNC(=NCC(CC)CC)NCC1CCN(Cc2nc(C)c(C)o2)CC1. The molecule has 1 aromatic rings. The maximum atomic E-state index is 5.73. The number of aliphatic imine (C=N–C) groups is 1. The van der Waals surface area contributed by atoms with Gasteiger partial charge in [0.25, 0.3) is 0 Å². The Hall–Kier alpha value is -1.56. The van der Waals surface area contributed by atoms with E-state index in [9.17, 15) is 0 Å². The molecule has 6 nitrogen and oxygen atoms in total. The van der Waals surface area contributed by atoms with Crippen molar-refractivity contribution in [1.29, 1.82) is 0 Å². The van der Waals surface area contributed by atoms with Crippen LogP contribution in [-0.2, 0) is 6.54 Å². The summed E-state index contributed by atoms with van der Waals surface area (Å²) in [7, 11) is 0. The lowest BCUT2D eigenvalue weighted by Gasteiger charge is -2.31. The molecular formula is C21H39N5O. The highest BCUT2D eigenvalue weighted by atomic mass is 16.4. The maximum Gasteiger partial charge on any atom is 0.208 e. The van der Waals surface area contributed by atoms with E-state index in [0.717, 1.165) is 62.6 Å². The van der Waals surface area contributed by atoms with Gasteiger partial charge in [0.2, 0.25) is 5.89 Å². The molecule has 1 aromatic heterocycles. The first kappa shape index (κ1) is 21.7. The van der Waals surface area contributed by atoms with Gasteiger partial charge in [-0.25, -0.2) is 4.98 Å². The van der Waals surface area contributed by atoms with Crippen LogP contribution in [-0.4, -0.2) is 48.6 Å². The molecule has 1 aliphatic heterocycles. The second-order valence-electron chi connectivity index (χ2n) is 7.75. The number of aromatic nitrogens is 1. The molecule has 0 radical (unpaired) electrons. The second-order valence-corrected chi connectivity index (χ2v) is 7.75. The highest BCUT2D eigenvalue weighted by Gasteiger charge is 2.21. The number of nitrogens with zero attached hydrogens (tertiary/aromatic N) is 3. The molecule has 2 rings (SSSR count). The van der Waals surface area contributed by atoms with Crippen molar-refractivity contribution >= 4 is 5.96 Å². The molecule has 154 valence electrons. The lowest BCUT2D eigenvalue weighted by molar-refractivity contribution is 0.164. The van der Waals surface area contributed by atoms with E-state index in [4.69, 9.17) is 9.41 Å². The summed E-state index contributed by atoms with van der Waals surface area (Å²) >= 11 is 0. The molecule has 0 amide bonds. The number of aryl methyl sites for hydroxylation is 2. The number of oxazole rings is 1. The number of guanidine groups is 1. The number of hydrogen-bond acceptors (Lipinski definition) is 4. The Morgan fingerprint density at radius 2 is 1.89 bits per heavy atom. The Bertz CT molecular complexity index is 552. The van der Waals surface area contributed by atoms with E-state index in [0.29, 0.717) is 11.8 Å². The largest absolute Gasteiger partial charge is 0.444 e. The van der Waals surface area contributed by atoms with E-state index in [1.54, 1.807) is 0 Å². The van der Waals surface area contributed by atoms with Crippen LogP contribution in [0.1, 0.15) is 63.8 Å². The smallest absolute Gasteiger partial charge is 0.208 e. The van der Waals surface area contributed by atoms with Crippen LogP contribution in [0.4, 0.5) is 0 Å². The molecular weight excluding hydrogens is 338 g/mol. The quantitative estimate of drug-likeness (QED) is 0.509. The number of hydrogen-bond donors (Lipinski definition) is 2. The maximum absolute atomic E-state index is 5.73. The summed E-state index contributed by atoms with van der Waals surface area (Å²) < 4.78 is 5.73. The van der Waals surface area contributed by atoms with Gasteiger partial charge in [-0.3, -0.25) is 9.89 Å². The van der Waals surface area contributed by atoms with Crippen LogP contribution in [0.5, 0.6) is 0 Å². The molecule has 0 spiro atoms. The van der Waals surface area contributed by atoms with Gasteiger partial charge in [0.1, 0.15) is 5.76 Å². The third kappa shape index (κ3) is 7.17. The van der Waals surface area contributed by atoms with Gasteiger partial charge in [0.15, 0.2) is 5.96 Å². The summed E-state index contributed by atoms with van der Waals surface area (Å²) in [5, 5.41) is 6.94. The third-order valence-electron chi connectivity index (χ3n) is 5.70. The first-order chi connectivity index (χ1) is 13.0. The van der Waals surface area contributed by atoms with Crippen molar-refractivity contribution in [2.24, 2.45) is 16.8 Å². The van der Waals surface area contributed by atoms with Gasteiger partial charge < -0.3 is 15.1 Å². The van der Waals surface area contributed by atoms with Gasteiger partial charge in [-0.2, -0.15) is 0 Å². The summed E-state index contributed by atoms with van der Waals surface area (Å²) in [5.74, 6) is 4.15. The monoisotopic (exact) mass is 377 g/mol. The van der Waals surface area contributed by atoms with E-state index in [1.807, 2.05) is 13.8 Å². The van der Waals surface area contributed by atoms with Gasteiger partial charge in [0.05, 0.1) is 12.2 Å². The topological polar surface area (TPSA) is 65.7 Å². The third-order valence-corrected chi connectivity index (χ3v) is 5.70. The fourth-order valence-electron chi connectivity index (χ4n) is 3.50. The first-order valence-corrected chi connectivity index (χ1v) is 10.7. The van der Waals surface area contributed by atoms with E-state index in [1.165, 1.54) is 25.7 Å². The molecule has 1 aliphatic rings. The Kier molecular flexibility index (Phi) is 9.11. The number of likely N-dealkylation sites (tertiary alicyclic amines) is 1. The van der Waals surface area contributed by atoms with Gasteiger partial charge in [-0.15, -0.1) is 0 Å². The predicted octanol–water partition coefficient (Wildman–Crippen LogP) is 3.49. The highest BCUT2D eigenvalue weighted by molar-refractivity contribution is 5.79. The minimum Gasteiger partial charge on any atom is -0.444 e. The predicted molar refractivity (Wildman–Crippen MR) is 112 cm³/mol. The van der Waals surface area contributed by atoms with Crippen LogP contribution >= 0.6 is 0 Å². The molecule has 0 bridgehead atoms. The normalized spacial score (nSPS) is 16.9. The zero-order valence-corrected chi connectivity index (χ0v) is 18.0. The molecule has 0 atom stereocenters. The minimum absolute atomic E-state index is 0.686. The molecule has 27 heavy (non-hydrogen) atoms. The Morgan fingerprint density at radius 3 is 2.44 bits per heavy atom. The molecule has 6 heteroatoms. The first-order valence-electron chi connectivity index (χ1n) is 10.7. The van der Waals surface area contributed by atoms with Crippen LogP contribution in [0.15, 0.2) is 9.41 Å².